The maximum atomic E-state index is 12.3. The molecule has 3 N–H and O–H groups in total. The summed E-state index contributed by atoms with van der Waals surface area (Å²) in [5.41, 5.74) is 5.21. The summed E-state index contributed by atoms with van der Waals surface area (Å²) in [5.74, 6) is -0.491. The highest BCUT2D eigenvalue weighted by molar-refractivity contribution is 7.10. The summed E-state index contributed by atoms with van der Waals surface area (Å²) in [4.78, 5) is 23.8. The van der Waals surface area contributed by atoms with E-state index in [-0.39, 0.29) is 23.0 Å². The number of nitro groups is 1. The lowest BCUT2D eigenvalue weighted by atomic mass is 10.1. The minimum Gasteiger partial charge on any atom is -0.393 e. The monoisotopic (exact) mass is 305 g/mol. The van der Waals surface area contributed by atoms with Crippen molar-refractivity contribution in [3.05, 3.63) is 56.3 Å². The molecule has 0 saturated heterocycles. The Hall–Kier alpha value is -2.41. The second-order valence-corrected chi connectivity index (χ2v) is 5.43. The zero-order chi connectivity index (χ0) is 15.4. The molecule has 7 heteroatoms. The minimum atomic E-state index is -0.629. The first-order valence-corrected chi connectivity index (χ1v) is 7.29. The number of nitrogens with one attached hydrogen (secondary N) is 1. The number of para-hydroxylation sites is 1. The Kier molecular flexibility index (Phi) is 4.54. The number of anilines is 1. The summed E-state index contributed by atoms with van der Waals surface area (Å²) in [6, 6.07) is 8.00. The van der Waals surface area contributed by atoms with E-state index in [0.29, 0.717) is 6.42 Å². The molecule has 0 aliphatic carbocycles. The fraction of sp³-hybridized carbons (Fsp3) is 0.214. The van der Waals surface area contributed by atoms with Crippen LogP contribution in [0.1, 0.15) is 34.6 Å². The zero-order valence-corrected chi connectivity index (χ0v) is 12.2. The van der Waals surface area contributed by atoms with Crippen LogP contribution in [0.5, 0.6) is 0 Å². The standard InChI is InChI=1S/C14H15N3O3S/c1-2-11(12-7-4-8-21-12)16-14(18)9-5-3-6-10(15)13(9)17(19)20/h3-8,11H,2,15H2,1H3,(H,16,18). The van der Waals surface area contributed by atoms with Gasteiger partial charge in [-0.05, 0) is 30.0 Å². The molecule has 0 fully saturated rings. The molecule has 1 amide bonds. The van der Waals surface area contributed by atoms with E-state index in [0.717, 1.165) is 4.88 Å². The van der Waals surface area contributed by atoms with Gasteiger partial charge in [0.05, 0.1) is 11.0 Å². The first kappa shape index (κ1) is 15.0. The van der Waals surface area contributed by atoms with Gasteiger partial charge in [-0.3, -0.25) is 14.9 Å². The van der Waals surface area contributed by atoms with Gasteiger partial charge in [0.15, 0.2) is 0 Å². The molecule has 1 heterocycles. The van der Waals surface area contributed by atoms with Crippen LogP contribution in [0.3, 0.4) is 0 Å². The van der Waals surface area contributed by atoms with Crippen LogP contribution >= 0.6 is 11.3 Å². The average molecular weight is 305 g/mol. The SMILES string of the molecule is CCC(NC(=O)c1cccc(N)c1[N+](=O)[O-])c1cccs1. The number of nitrogens with zero attached hydrogens (tertiary/aromatic N) is 1. The summed E-state index contributed by atoms with van der Waals surface area (Å²) >= 11 is 1.53. The molecule has 2 aromatic rings. The normalized spacial score (nSPS) is 11.9. The molecule has 2 rings (SSSR count). The Labute approximate surface area is 125 Å². The third-order valence-corrected chi connectivity index (χ3v) is 4.08. The maximum absolute atomic E-state index is 12.3. The number of hydrogen-bond acceptors (Lipinski definition) is 5. The molecule has 0 saturated carbocycles. The molecule has 0 bridgehead atoms. The van der Waals surface area contributed by atoms with Crippen molar-refractivity contribution in [2.45, 2.75) is 19.4 Å². The van der Waals surface area contributed by atoms with Crippen LogP contribution in [-0.4, -0.2) is 10.8 Å². The highest BCUT2D eigenvalue weighted by Gasteiger charge is 2.25. The van der Waals surface area contributed by atoms with Gasteiger partial charge in [0.1, 0.15) is 11.3 Å². The largest absolute Gasteiger partial charge is 0.393 e. The highest BCUT2D eigenvalue weighted by atomic mass is 32.1. The molecule has 6 nitrogen and oxygen atoms in total. The van der Waals surface area contributed by atoms with Crippen LogP contribution in [0.4, 0.5) is 11.4 Å². The van der Waals surface area contributed by atoms with Crippen molar-refractivity contribution in [2.24, 2.45) is 0 Å². The first-order chi connectivity index (χ1) is 10.0. The number of rotatable bonds is 5. The predicted octanol–water partition coefficient (Wildman–Crippen LogP) is 3.12. The molecule has 0 aliphatic rings. The number of thiophene rings is 1. The zero-order valence-electron chi connectivity index (χ0n) is 11.4. The van der Waals surface area contributed by atoms with Crippen LogP contribution in [-0.2, 0) is 0 Å². The summed E-state index contributed by atoms with van der Waals surface area (Å²) in [6.45, 7) is 1.94. The maximum Gasteiger partial charge on any atom is 0.304 e. The van der Waals surface area contributed by atoms with E-state index in [1.807, 2.05) is 24.4 Å². The van der Waals surface area contributed by atoms with E-state index in [1.54, 1.807) is 0 Å². The van der Waals surface area contributed by atoms with Crippen molar-refractivity contribution in [3.8, 4) is 0 Å². The second-order valence-electron chi connectivity index (χ2n) is 4.45. The van der Waals surface area contributed by atoms with Gasteiger partial charge in [0.2, 0.25) is 0 Å². The minimum absolute atomic E-state index is 0.0168. The number of carbonyl (C=O) groups excluding carboxylic acids is 1. The Morgan fingerprint density at radius 3 is 2.76 bits per heavy atom. The van der Waals surface area contributed by atoms with Crippen LogP contribution in [0, 0.1) is 10.1 Å². The van der Waals surface area contributed by atoms with E-state index >= 15 is 0 Å². The predicted molar refractivity (Wildman–Crippen MR) is 82.3 cm³/mol. The Morgan fingerprint density at radius 2 is 2.19 bits per heavy atom. The summed E-state index contributed by atoms with van der Waals surface area (Å²) in [6.07, 6.45) is 0.697. The number of nitro benzene ring substituents is 1. The van der Waals surface area contributed by atoms with Gasteiger partial charge in [0.25, 0.3) is 5.91 Å². The smallest absolute Gasteiger partial charge is 0.304 e. The van der Waals surface area contributed by atoms with Crippen molar-refractivity contribution in [1.29, 1.82) is 0 Å². The lowest BCUT2D eigenvalue weighted by molar-refractivity contribution is -0.384. The average Bonchev–Trinajstić information content (AvgIpc) is 2.97. The van der Waals surface area contributed by atoms with E-state index < -0.39 is 10.8 Å². The highest BCUT2D eigenvalue weighted by Crippen LogP contribution is 2.27. The molecule has 1 aromatic carbocycles. The topological polar surface area (TPSA) is 98.3 Å². The molecular weight excluding hydrogens is 290 g/mol. The first-order valence-electron chi connectivity index (χ1n) is 6.41. The molecule has 1 aromatic heterocycles. The summed E-state index contributed by atoms with van der Waals surface area (Å²) in [7, 11) is 0. The number of amides is 1. The van der Waals surface area contributed by atoms with Gasteiger partial charge in [0, 0.05) is 4.88 Å². The fourth-order valence-corrected chi connectivity index (χ4v) is 2.91. The van der Waals surface area contributed by atoms with Gasteiger partial charge >= 0.3 is 5.69 Å². The van der Waals surface area contributed by atoms with E-state index in [2.05, 4.69) is 5.32 Å². The molecule has 1 atom stereocenters. The Balaban J connectivity index is 2.29. The number of carbonyl (C=O) groups is 1. The van der Waals surface area contributed by atoms with Crippen molar-refractivity contribution in [1.82, 2.24) is 5.32 Å². The molecular formula is C14H15N3O3S. The Morgan fingerprint density at radius 1 is 1.43 bits per heavy atom. The van der Waals surface area contributed by atoms with Crippen molar-refractivity contribution < 1.29 is 9.72 Å². The Bertz CT molecular complexity index is 655. The summed E-state index contributed by atoms with van der Waals surface area (Å²) in [5, 5.41) is 15.8. The molecule has 110 valence electrons. The van der Waals surface area contributed by atoms with Crippen LogP contribution in [0.25, 0.3) is 0 Å². The summed E-state index contributed by atoms with van der Waals surface area (Å²) < 4.78 is 0. The number of benzene rings is 1. The molecule has 0 aliphatic heterocycles. The van der Waals surface area contributed by atoms with Gasteiger partial charge in [-0.15, -0.1) is 11.3 Å². The number of nitrogen functional groups attached to an aromatic ring is 1. The van der Waals surface area contributed by atoms with Gasteiger partial charge in [-0.2, -0.15) is 0 Å². The van der Waals surface area contributed by atoms with E-state index in [1.165, 1.54) is 29.5 Å². The molecule has 0 spiro atoms. The third kappa shape index (κ3) is 3.19. The van der Waals surface area contributed by atoms with E-state index in [4.69, 9.17) is 5.73 Å². The van der Waals surface area contributed by atoms with Crippen molar-refractivity contribution in [3.63, 3.8) is 0 Å². The van der Waals surface area contributed by atoms with Gasteiger partial charge in [-0.1, -0.05) is 19.1 Å². The fourth-order valence-electron chi connectivity index (χ4n) is 2.05. The van der Waals surface area contributed by atoms with E-state index in [9.17, 15) is 14.9 Å². The van der Waals surface area contributed by atoms with Crippen LogP contribution in [0.2, 0.25) is 0 Å². The quantitative estimate of drug-likeness (QED) is 0.503. The number of hydrogen-bond donors (Lipinski definition) is 2. The molecule has 1 unspecified atom stereocenters. The van der Waals surface area contributed by atoms with Gasteiger partial charge < -0.3 is 11.1 Å². The van der Waals surface area contributed by atoms with Crippen molar-refractivity contribution in [2.75, 3.05) is 5.73 Å². The van der Waals surface area contributed by atoms with Crippen molar-refractivity contribution >= 4 is 28.6 Å². The lowest BCUT2D eigenvalue weighted by Crippen LogP contribution is -2.28. The lowest BCUT2D eigenvalue weighted by Gasteiger charge is -2.15. The number of nitrogens with two attached hydrogens (primary N) is 1. The molecule has 0 radical (unpaired) electrons. The third-order valence-electron chi connectivity index (χ3n) is 3.09. The van der Waals surface area contributed by atoms with Crippen LogP contribution < -0.4 is 11.1 Å². The van der Waals surface area contributed by atoms with Crippen LogP contribution in [0.15, 0.2) is 35.7 Å². The molecule has 21 heavy (non-hydrogen) atoms. The second kappa shape index (κ2) is 6.36. The van der Waals surface area contributed by atoms with Gasteiger partial charge in [-0.25, -0.2) is 0 Å².